The molecule has 17 heavy (non-hydrogen) atoms. The zero-order chi connectivity index (χ0) is 12.8. The third-order valence-corrected chi connectivity index (χ3v) is 2.30. The molecule has 0 aliphatic rings. The Morgan fingerprint density at radius 2 is 2.00 bits per heavy atom. The van der Waals surface area contributed by atoms with Crippen molar-refractivity contribution in [3.05, 3.63) is 35.4 Å². The summed E-state index contributed by atoms with van der Waals surface area (Å²) in [6.07, 6.45) is 4.10. The van der Waals surface area contributed by atoms with Gasteiger partial charge in [-0.1, -0.05) is 32.1 Å². The van der Waals surface area contributed by atoms with E-state index in [2.05, 4.69) is 24.7 Å². The lowest BCUT2D eigenvalue weighted by atomic mass is 10.1. The summed E-state index contributed by atoms with van der Waals surface area (Å²) in [6, 6.07) is 5.41. The molecule has 1 aromatic carbocycles. The van der Waals surface area contributed by atoms with E-state index in [4.69, 9.17) is 4.74 Å². The van der Waals surface area contributed by atoms with E-state index < -0.39 is 0 Å². The van der Waals surface area contributed by atoms with E-state index in [-0.39, 0.29) is 5.97 Å². The first-order chi connectivity index (χ1) is 8.08. The molecule has 0 spiro atoms. The largest absolute Gasteiger partial charge is 0.496 e. The quantitative estimate of drug-likeness (QED) is 0.751. The van der Waals surface area contributed by atoms with Gasteiger partial charge < -0.3 is 9.47 Å². The van der Waals surface area contributed by atoms with Crippen LogP contribution in [0.1, 0.15) is 29.8 Å². The van der Waals surface area contributed by atoms with Gasteiger partial charge in [-0.3, -0.25) is 0 Å². The predicted molar refractivity (Wildman–Crippen MR) is 68.2 cm³/mol. The summed E-state index contributed by atoms with van der Waals surface area (Å²) in [7, 11) is 2.89. The minimum atomic E-state index is -0.388. The average Bonchev–Trinajstić information content (AvgIpc) is 2.34. The van der Waals surface area contributed by atoms with Gasteiger partial charge in [0.2, 0.25) is 0 Å². The van der Waals surface area contributed by atoms with E-state index in [9.17, 15) is 4.79 Å². The number of ether oxygens (including phenoxy) is 2. The maximum absolute atomic E-state index is 11.5. The Balaban J connectivity index is 3.04. The van der Waals surface area contributed by atoms with Crippen molar-refractivity contribution in [1.29, 1.82) is 0 Å². The number of rotatable bonds is 4. The average molecular weight is 234 g/mol. The van der Waals surface area contributed by atoms with Crippen LogP contribution in [0.5, 0.6) is 5.75 Å². The van der Waals surface area contributed by atoms with Gasteiger partial charge in [-0.2, -0.15) is 0 Å². The minimum absolute atomic E-state index is 0.388. The van der Waals surface area contributed by atoms with E-state index in [1.54, 1.807) is 6.07 Å². The highest BCUT2D eigenvalue weighted by molar-refractivity contribution is 5.92. The van der Waals surface area contributed by atoms with Crippen molar-refractivity contribution in [1.82, 2.24) is 0 Å². The number of carbonyl (C=O) groups excluding carboxylic acids is 1. The van der Waals surface area contributed by atoms with Gasteiger partial charge in [0.15, 0.2) is 0 Å². The second kappa shape index (κ2) is 6.09. The van der Waals surface area contributed by atoms with Crippen molar-refractivity contribution in [3.63, 3.8) is 0 Å². The third-order valence-electron chi connectivity index (χ3n) is 2.30. The van der Waals surface area contributed by atoms with Gasteiger partial charge in [0.1, 0.15) is 11.3 Å². The summed E-state index contributed by atoms with van der Waals surface area (Å²) in [5.74, 6) is 0.630. The van der Waals surface area contributed by atoms with Crippen LogP contribution in [-0.4, -0.2) is 20.2 Å². The molecule has 0 saturated carbocycles. The molecule has 0 heterocycles. The number of hydrogen-bond donors (Lipinski definition) is 0. The molecule has 3 heteroatoms. The molecule has 0 bridgehead atoms. The lowest BCUT2D eigenvalue weighted by molar-refractivity contribution is 0.0597. The summed E-state index contributed by atoms with van der Waals surface area (Å²) in [4.78, 5) is 11.5. The molecule has 0 radical (unpaired) electrons. The van der Waals surface area contributed by atoms with Crippen LogP contribution in [0, 0.1) is 5.92 Å². The molecule has 1 rings (SSSR count). The van der Waals surface area contributed by atoms with Crippen LogP contribution in [0.2, 0.25) is 0 Å². The van der Waals surface area contributed by atoms with Crippen molar-refractivity contribution in [2.45, 2.75) is 13.8 Å². The van der Waals surface area contributed by atoms with E-state index >= 15 is 0 Å². The zero-order valence-electron chi connectivity index (χ0n) is 10.7. The minimum Gasteiger partial charge on any atom is -0.496 e. The van der Waals surface area contributed by atoms with Gasteiger partial charge in [0, 0.05) is 0 Å². The zero-order valence-corrected chi connectivity index (χ0v) is 10.7. The van der Waals surface area contributed by atoms with Crippen LogP contribution in [0.15, 0.2) is 24.3 Å². The highest BCUT2D eigenvalue weighted by Crippen LogP contribution is 2.22. The first kappa shape index (κ1) is 13.3. The van der Waals surface area contributed by atoms with Crippen LogP contribution in [0.4, 0.5) is 0 Å². The maximum Gasteiger partial charge on any atom is 0.341 e. The molecule has 0 aliphatic heterocycles. The summed E-state index contributed by atoms with van der Waals surface area (Å²) in [5, 5.41) is 0. The monoisotopic (exact) mass is 234 g/mol. The number of methoxy groups -OCH3 is 2. The lowest BCUT2D eigenvalue weighted by Gasteiger charge is -2.07. The maximum atomic E-state index is 11.5. The Labute approximate surface area is 102 Å². The summed E-state index contributed by atoms with van der Waals surface area (Å²) < 4.78 is 9.86. The molecule has 3 nitrogen and oxygen atoms in total. The topological polar surface area (TPSA) is 35.5 Å². The third kappa shape index (κ3) is 3.63. The Morgan fingerprint density at radius 1 is 1.29 bits per heavy atom. The van der Waals surface area contributed by atoms with Crippen LogP contribution in [0.25, 0.3) is 6.08 Å². The van der Waals surface area contributed by atoms with Crippen molar-refractivity contribution >= 4 is 12.0 Å². The van der Waals surface area contributed by atoms with Gasteiger partial charge in [-0.25, -0.2) is 4.79 Å². The van der Waals surface area contributed by atoms with Crippen LogP contribution in [0.3, 0.4) is 0 Å². The number of carbonyl (C=O) groups is 1. The number of benzene rings is 1. The Hall–Kier alpha value is -1.77. The van der Waals surface area contributed by atoms with Crippen LogP contribution in [-0.2, 0) is 4.74 Å². The summed E-state index contributed by atoms with van der Waals surface area (Å²) in [6.45, 7) is 4.22. The Bertz CT molecular complexity index is 419. The molecule has 0 N–H and O–H groups in total. The molecule has 92 valence electrons. The van der Waals surface area contributed by atoms with E-state index in [1.165, 1.54) is 14.2 Å². The van der Waals surface area contributed by atoms with E-state index in [1.807, 2.05) is 18.2 Å². The second-order valence-corrected chi connectivity index (χ2v) is 4.05. The van der Waals surface area contributed by atoms with Crippen LogP contribution >= 0.6 is 0 Å². The first-order valence-corrected chi connectivity index (χ1v) is 5.53. The fraction of sp³-hybridized carbons (Fsp3) is 0.357. The SMILES string of the molecule is COC(=O)c1ccc(/C=C\C(C)C)cc1OC. The van der Waals surface area contributed by atoms with Crippen molar-refractivity contribution < 1.29 is 14.3 Å². The normalized spacial score (nSPS) is 10.9. The molecule has 0 saturated heterocycles. The standard InChI is InChI=1S/C14H18O3/c1-10(2)5-6-11-7-8-12(14(15)17-4)13(9-11)16-3/h5-10H,1-4H3/b6-5-. The summed E-state index contributed by atoms with van der Waals surface area (Å²) in [5.41, 5.74) is 1.44. The highest BCUT2D eigenvalue weighted by atomic mass is 16.5. The predicted octanol–water partition coefficient (Wildman–Crippen LogP) is 3.15. The molecule has 0 aromatic heterocycles. The lowest BCUT2D eigenvalue weighted by Crippen LogP contribution is -2.04. The molecule has 0 amide bonds. The van der Waals surface area contributed by atoms with E-state index in [0.717, 1.165) is 5.56 Å². The van der Waals surface area contributed by atoms with Crippen molar-refractivity contribution in [3.8, 4) is 5.75 Å². The van der Waals surface area contributed by atoms with Crippen molar-refractivity contribution in [2.75, 3.05) is 14.2 Å². The molecular weight excluding hydrogens is 216 g/mol. The number of allylic oxidation sites excluding steroid dienone is 1. The first-order valence-electron chi connectivity index (χ1n) is 5.53. The fourth-order valence-electron chi connectivity index (χ4n) is 1.39. The molecular formula is C14H18O3. The van der Waals surface area contributed by atoms with Gasteiger partial charge in [-0.15, -0.1) is 0 Å². The summed E-state index contributed by atoms with van der Waals surface area (Å²) >= 11 is 0. The van der Waals surface area contributed by atoms with E-state index in [0.29, 0.717) is 17.2 Å². The molecule has 1 aromatic rings. The van der Waals surface area contributed by atoms with Gasteiger partial charge in [0.25, 0.3) is 0 Å². The molecule has 0 aliphatic carbocycles. The molecule has 0 unspecified atom stereocenters. The van der Waals surface area contributed by atoms with Crippen LogP contribution < -0.4 is 4.74 Å². The molecule has 0 fully saturated rings. The highest BCUT2D eigenvalue weighted by Gasteiger charge is 2.12. The van der Waals surface area contributed by atoms with Gasteiger partial charge in [-0.05, 0) is 23.6 Å². The molecule has 0 atom stereocenters. The smallest absolute Gasteiger partial charge is 0.341 e. The Kier molecular flexibility index (Phi) is 4.76. The Morgan fingerprint density at radius 3 is 2.53 bits per heavy atom. The van der Waals surface area contributed by atoms with Crippen molar-refractivity contribution in [2.24, 2.45) is 5.92 Å². The van der Waals surface area contributed by atoms with Gasteiger partial charge in [0.05, 0.1) is 14.2 Å². The second-order valence-electron chi connectivity index (χ2n) is 4.05. The number of hydrogen-bond acceptors (Lipinski definition) is 3. The van der Waals surface area contributed by atoms with Gasteiger partial charge >= 0.3 is 5.97 Å². The fourth-order valence-corrected chi connectivity index (χ4v) is 1.39. The number of esters is 1.